The van der Waals surface area contributed by atoms with Crippen LogP contribution in [0.15, 0.2) is 0 Å². The zero-order valence-electron chi connectivity index (χ0n) is 23.6. The Morgan fingerprint density at radius 1 is 0.429 bits per heavy atom. The van der Waals surface area contributed by atoms with Crippen LogP contribution in [0.5, 0.6) is 0 Å². The molecule has 35 heavy (non-hydrogen) atoms. The average Bonchev–Trinajstić information content (AvgIpc) is 2.70. The van der Waals surface area contributed by atoms with Gasteiger partial charge in [0, 0.05) is 61.0 Å². The van der Waals surface area contributed by atoms with Crippen LogP contribution in [-0.4, -0.2) is 33.2 Å². The second-order valence-corrected chi connectivity index (χ2v) is 10.5. The molecule has 0 radical (unpaired) electrons. The minimum Gasteiger partial charge on any atom is -0.481 e. The molecule has 0 aliphatic heterocycles. The van der Waals surface area contributed by atoms with E-state index >= 15 is 0 Å². The van der Waals surface area contributed by atoms with Crippen LogP contribution in [0.1, 0.15) is 144 Å². The molecule has 0 amide bonds. The molecule has 0 aromatic carbocycles. The van der Waals surface area contributed by atoms with Crippen LogP contribution < -0.4 is 0 Å². The van der Waals surface area contributed by atoms with E-state index < -0.39 is 17.9 Å². The number of aliphatic carboxylic acids is 3. The van der Waals surface area contributed by atoms with Crippen LogP contribution in [0.3, 0.4) is 0 Å². The van der Waals surface area contributed by atoms with Crippen molar-refractivity contribution in [1.29, 1.82) is 0 Å². The molecular weight excluding hydrogens is 572 g/mol. The van der Waals surface area contributed by atoms with Crippen LogP contribution in [0.25, 0.3) is 0 Å². The van der Waals surface area contributed by atoms with Crippen LogP contribution in [0.2, 0.25) is 0 Å². The Bertz CT molecular complexity index is 450. The molecule has 208 valence electrons. The quantitative estimate of drug-likeness (QED) is 0.124. The van der Waals surface area contributed by atoms with E-state index in [9.17, 15) is 14.4 Å². The van der Waals surface area contributed by atoms with Crippen LogP contribution in [0.4, 0.5) is 0 Å². The largest absolute Gasteiger partial charge is 0.481 e. The first-order valence-electron chi connectivity index (χ1n) is 13.5. The first-order valence-corrected chi connectivity index (χ1v) is 13.5. The summed E-state index contributed by atoms with van der Waals surface area (Å²) in [6.07, 6.45) is 15.2. The van der Waals surface area contributed by atoms with Gasteiger partial charge in [-0.25, -0.2) is 0 Å². The maximum Gasteiger partial charge on any atom is 0.303 e. The summed E-state index contributed by atoms with van der Waals surface area (Å²) < 4.78 is 0. The summed E-state index contributed by atoms with van der Waals surface area (Å²) >= 11 is 0. The van der Waals surface area contributed by atoms with Crippen LogP contribution in [0, 0.1) is 59.5 Å². The molecule has 0 aliphatic carbocycles. The standard InChI is InChI=1S/C10H20O2.2C9H18O2.Ce/c1-9(2)7-5-3-4-6-8-10(11)12;2*1-8(2)6-4-3-5-7-9(10)11;/h9H,3-8H2,1-2H3,(H,11,12);2*8H,3-7H2,1-2H3,(H,10,11);. The number of hydrogen-bond acceptors (Lipinski definition) is 3. The monoisotopic (exact) mass is 628 g/mol. The fourth-order valence-electron chi connectivity index (χ4n) is 3.19. The normalized spacial score (nSPS) is 10.2. The summed E-state index contributed by atoms with van der Waals surface area (Å²) in [4.78, 5) is 30.3. The summed E-state index contributed by atoms with van der Waals surface area (Å²) in [6.45, 7) is 13.2. The van der Waals surface area contributed by atoms with E-state index in [0.717, 1.165) is 56.3 Å². The third-order valence-corrected chi connectivity index (χ3v) is 5.27. The molecular formula is C28H56CeO6. The van der Waals surface area contributed by atoms with E-state index in [1.54, 1.807) is 0 Å². The predicted octanol–water partition coefficient (Wildman–Crippen LogP) is 8.42. The summed E-state index contributed by atoms with van der Waals surface area (Å²) in [5.74, 6) is 0.270. The van der Waals surface area contributed by atoms with Crippen LogP contribution >= 0.6 is 0 Å². The van der Waals surface area contributed by atoms with Crippen molar-refractivity contribution in [2.75, 3.05) is 0 Å². The smallest absolute Gasteiger partial charge is 0.303 e. The maximum absolute atomic E-state index is 10.1. The Morgan fingerprint density at radius 2 is 0.629 bits per heavy atom. The van der Waals surface area contributed by atoms with Crippen molar-refractivity contribution in [2.45, 2.75) is 144 Å². The Balaban J connectivity index is -0.000000203. The summed E-state index contributed by atoms with van der Waals surface area (Å²) in [6, 6.07) is 0. The van der Waals surface area contributed by atoms with Crippen molar-refractivity contribution in [3.8, 4) is 0 Å². The van der Waals surface area contributed by atoms with Crippen molar-refractivity contribution < 1.29 is 71.5 Å². The van der Waals surface area contributed by atoms with Gasteiger partial charge < -0.3 is 15.3 Å². The first kappa shape index (κ1) is 41.9. The second-order valence-electron chi connectivity index (χ2n) is 10.5. The van der Waals surface area contributed by atoms with Gasteiger partial charge >= 0.3 is 17.9 Å². The topological polar surface area (TPSA) is 112 Å². The fraction of sp³-hybridized carbons (Fsp3) is 0.893. The van der Waals surface area contributed by atoms with Crippen molar-refractivity contribution in [3.05, 3.63) is 0 Å². The fourth-order valence-corrected chi connectivity index (χ4v) is 3.19. The van der Waals surface area contributed by atoms with Crippen molar-refractivity contribution in [1.82, 2.24) is 0 Å². The van der Waals surface area contributed by atoms with Gasteiger partial charge in [-0.3, -0.25) is 14.4 Å². The first-order chi connectivity index (χ1) is 15.9. The molecule has 0 bridgehead atoms. The Hall–Kier alpha value is -0.213. The molecule has 0 heterocycles. The van der Waals surface area contributed by atoms with Crippen LogP contribution in [-0.2, 0) is 14.4 Å². The number of carboxylic acid groups (broad SMARTS) is 3. The van der Waals surface area contributed by atoms with E-state index in [1.807, 2.05) is 0 Å². The molecule has 0 fully saturated rings. The molecule has 0 aliphatic rings. The zero-order chi connectivity index (χ0) is 26.8. The third-order valence-electron chi connectivity index (χ3n) is 5.27. The molecule has 0 rings (SSSR count). The Labute approximate surface area is 249 Å². The number of hydrogen-bond donors (Lipinski definition) is 3. The average molecular weight is 629 g/mol. The van der Waals surface area contributed by atoms with Gasteiger partial charge in [0.15, 0.2) is 0 Å². The number of rotatable bonds is 19. The molecule has 3 N–H and O–H groups in total. The molecule has 0 saturated heterocycles. The maximum atomic E-state index is 10.1. The molecule has 0 aromatic heterocycles. The van der Waals surface area contributed by atoms with Crippen molar-refractivity contribution in [2.24, 2.45) is 17.8 Å². The van der Waals surface area contributed by atoms with E-state index in [0.29, 0.717) is 19.3 Å². The molecule has 0 spiro atoms. The van der Waals surface area contributed by atoms with Crippen molar-refractivity contribution in [3.63, 3.8) is 0 Å². The molecule has 0 aromatic rings. The zero-order valence-corrected chi connectivity index (χ0v) is 26.8. The third kappa shape index (κ3) is 55.6. The van der Waals surface area contributed by atoms with Gasteiger partial charge in [0.1, 0.15) is 0 Å². The SMILES string of the molecule is CC(C)CCCCCC(=O)O.CC(C)CCCCCC(=O)O.CC(C)CCCCCCC(=O)O.[Ce]. The van der Waals surface area contributed by atoms with Gasteiger partial charge in [0.2, 0.25) is 0 Å². The Morgan fingerprint density at radius 3 is 0.829 bits per heavy atom. The van der Waals surface area contributed by atoms with Gasteiger partial charge in [-0.1, -0.05) is 106 Å². The minimum absolute atomic E-state index is 0. The minimum atomic E-state index is -0.672. The molecule has 6 nitrogen and oxygen atoms in total. The second kappa shape index (κ2) is 31.8. The molecule has 0 atom stereocenters. The molecule has 7 heteroatoms. The van der Waals surface area contributed by atoms with Gasteiger partial charge in [-0.2, -0.15) is 0 Å². The van der Waals surface area contributed by atoms with E-state index in [-0.39, 0.29) is 41.7 Å². The van der Waals surface area contributed by atoms with E-state index in [2.05, 4.69) is 41.5 Å². The summed E-state index contributed by atoms with van der Waals surface area (Å²) in [7, 11) is 0. The van der Waals surface area contributed by atoms with Gasteiger partial charge in [-0.05, 0) is 37.0 Å². The summed E-state index contributed by atoms with van der Waals surface area (Å²) in [5.41, 5.74) is 0. The van der Waals surface area contributed by atoms with E-state index in [1.165, 1.54) is 44.9 Å². The van der Waals surface area contributed by atoms with Crippen molar-refractivity contribution >= 4 is 17.9 Å². The Kier molecular flexibility index (Phi) is 38.1. The number of carboxylic acids is 3. The molecule has 0 saturated carbocycles. The summed E-state index contributed by atoms with van der Waals surface area (Å²) in [5, 5.41) is 25.0. The van der Waals surface area contributed by atoms with Gasteiger partial charge in [0.05, 0.1) is 0 Å². The predicted molar refractivity (Wildman–Crippen MR) is 141 cm³/mol. The number of unbranched alkanes of at least 4 members (excludes halogenated alkanes) is 7. The number of carbonyl (C=O) groups is 3. The van der Waals surface area contributed by atoms with Gasteiger partial charge in [-0.15, -0.1) is 0 Å². The molecule has 0 unspecified atom stereocenters. The van der Waals surface area contributed by atoms with Gasteiger partial charge in [0.25, 0.3) is 0 Å². The van der Waals surface area contributed by atoms with E-state index in [4.69, 9.17) is 15.3 Å².